The van der Waals surface area contributed by atoms with Gasteiger partial charge in [0.1, 0.15) is 0 Å². The molecule has 0 bridgehead atoms. The Balaban J connectivity index is 1.85. The highest BCUT2D eigenvalue weighted by Crippen LogP contribution is 2.29. The molecule has 0 saturated heterocycles. The number of nitrogens with one attached hydrogen (secondary N) is 1. The van der Waals surface area contributed by atoms with Gasteiger partial charge >= 0.3 is 5.97 Å². The van der Waals surface area contributed by atoms with Crippen molar-refractivity contribution >= 4 is 17.6 Å². The minimum Gasteiger partial charge on any atom is -0.481 e. The number of hydrogen-bond donors (Lipinski definition) is 2. The Labute approximate surface area is 133 Å². The van der Waals surface area contributed by atoms with Crippen molar-refractivity contribution in [2.24, 2.45) is 11.8 Å². The van der Waals surface area contributed by atoms with E-state index in [0.29, 0.717) is 37.8 Å². The molecule has 0 spiro atoms. The average molecular weight is 320 g/mol. The molecule has 2 atom stereocenters. The summed E-state index contributed by atoms with van der Waals surface area (Å²) < 4.78 is 0. The van der Waals surface area contributed by atoms with Gasteiger partial charge in [-0.25, -0.2) is 0 Å². The Kier molecular flexibility index (Phi) is 5.67. The Bertz CT molecular complexity index is 602. The second-order valence-electron chi connectivity index (χ2n) is 5.83. The first-order valence-corrected chi connectivity index (χ1v) is 7.72. The number of nitro groups is 1. The van der Waals surface area contributed by atoms with Gasteiger partial charge in [-0.2, -0.15) is 0 Å². The summed E-state index contributed by atoms with van der Waals surface area (Å²) in [6.07, 6.45) is 2.79. The Morgan fingerprint density at radius 2 is 1.96 bits per heavy atom. The topological polar surface area (TPSA) is 110 Å². The summed E-state index contributed by atoms with van der Waals surface area (Å²) in [5.74, 6) is -1.73. The number of nitro benzene ring substituents is 1. The van der Waals surface area contributed by atoms with E-state index in [1.165, 1.54) is 6.07 Å². The molecule has 0 radical (unpaired) electrons. The van der Waals surface area contributed by atoms with Crippen LogP contribution < -0.4 is 5.32 Å². The van der Waals surface area contributed by atoms with Crippen molar-refractivity contribution < 1.29 is 19.6 Å². The summed E-state index contributed by atoms with van der Waals surface area (Å²) >= 11 is 0. The van der Waals surface area contributed by atoms with Gasteiger partial charge in [0.25, 0.3) is 5.69 Å². The van der Waals surface area contributed by atoms with Crippen molar-refractivity contribution in [3.8, 4) is 0 Å². The molecule has 124 valence electrons. The predicted molar refractivity (Wildman–Crippen MR) is 82.9 cm³/mol. The number of carbonyl (C=O) groups excluding carboxylic acids is 1. The molecule has 1 aliphatic rings. The molecule has 7 nitrogen and oxygen atoms in total. The summed E-state index contributed by atoms with van der Waals surface area (Å²) in [6.45, 7) is 0.303. The van der Waals surface area contributed by atoms with Gasteiger partial charge in [-0.15, -0.1) is 0 Å². The van der Waals surface area contributed by atoms with Gasteiger partial charge in [0.2, 0.25) is 5.91 Å². The zero-order chi connectivity index (χ0) is 16.8. The fraction of sp³-hybridized carbons (Fsp3) is 0.500. The summed E-state index contributed by atoms with van der Waals surface area (Å²) in [7, 11) is 0. The maximum atomic E-state index is 12.1. The number of amides is 1. The highest BCUT2D eigenvalue weighted by Gasteiger charge is 2.30. The normalized spacial score (nSPS) is 20.7. The molecule has 1 aliphatic carbocycles. The highest BCUT2D eigenvalue weighted by molar-refractivity contribution is 5.80. The first-order chi connectivity index (χ1) is 11.0. The lowest BCUT2D eigenvalue weighted by atomic mass is 9.81. The van der Waals surface area contributed by atoms with E-state index in [4.69, 9.17) is 5.11 Å². The Morgan fingerprint density at radius 1 is 1.26 bits per heavy atom. The van der Waals surface area contributed by atoms with Crippen LogP contribution in [0.4, 0.5) is 5.69 Å². The fourth-order valence-corrected chi connectivity index (χ4v) is 3.02. The Morgan fingerprint density at radius 3 is 2.65 bits per heavy atom. The summed E-state index contributed by atoms with van der Waals surface area (Å²) in [5.41, 5.74) is 0.621. The molecule has 1 saturated carbocycles. The van der Waals surface area contributed by atoms with Crippen molar-refractivity contribution in [2.45, 2.75) is 32.1 Å². The monoisotopic (exact) mass is 320 g/mol. The number of carboxylic acids is 1. The largest absolute Gasteiger partial charge is 0.481 e. The molecule has 0 aromatic heterocycles. The molecule has 0 aliphatic heterocycles. The number of rotatable bonds is 6. The molecule has 1 fully saturated rings. The molecule has 7 heteroatoms. The number of hydrogen-bond acceptors (Lipinski definition) is 4. The Hall–Kier alpha value is -2.44. The summed E-state index contributed by atoms with van der Waals surface area (Å²) in [6, 6.07) is 6.44. The van der Waals surface area contributed by atoms with Crippen molar-refractivity contribution in [1.29, 1.82) is 0 Å². The van der Waals surface area contributed by atoms with Gasteiger partial charge in [-0.3, -0.25) is 19.7 Å². The number of carbonyl (C=O) groups is 2. The minimum atomic E-state index is -0.845. The van der Waals surface area contributed by atoms with Crippen molar-refractivity contribution in [2.75, 3.05) is 6.54 Å². The number of carboxylic acid groups (broad SMARTS) is 1. The van der Waals surface area contributed by atoms with Crippen LogP contribution in [0, 0.1) is 22.0 Å². The van der Waals surface area contributed by atoms with Crippen LogP contribution in [0.3, 0.4) is 0 Å². The van der Waals surface area contributed by atoms with Crippen molar-refractivity contribution in [1.82, 2.24) is 5.32 Å². The number of para-hydroxylation sites is 1. The van der Waals surface area contributed by atoms with Crippen LogP contribution in [0.2, 0.25) is 0 Å². The lowest BCUT2D eigenvalue weighted by Gasteiger charge is -2.25. The second-order valence-corrected chi connectivity index (χ2v) is 5.83. The summed E-state index contributed by atoms with van der Waals surface area (Å²) in [4.78, 5) is 33.7. The van der Waals surface area contributed by atoms with Crippen molar-refractivity contribution in [3.05, 3.63) is 39.9 Å². The van der Waals surface area contributed by atoms with Gasteiger partial charge in [0.15, 0.2) is 0 Å². The smallest absolute Gasteiger partial charge is 0.306 e. The van der Waals surface area contributed by atoms with E-state index in [1.807, 2.05) is 0 Å². The lowest BCUT2D eigenvalue weighted by molar-refractivity contribution is -0.385. The van der Waals surface area contributed by atoms with Gasteiger partial charge in [-0.1, -0.05) is 24.6 Å². The predicted octanol–water partition coefficient (Wildman–Crippen LogP) is 2.14. The standard InChI is InChI=1S/C16H20N2O5/c19-15(12-5-3-6-13(10-12)16(20)21)17-9-8-11-4-1-2-7-14(11)18(22)23/h1-2,4,7,12-13H,3,5-6,8-10H2,(H,17,19)(H,20,21). The van der Waals surface area contributed by atoms with E-state index < -0.39 is 16.8 Å². The molecule has 0 heterocycles. The first-order valence-electron chi connectivity index (χ1n) is 7.72. The maximum Gasteiger partial charge on any atom is 0.306 e. The molecule has 1 amide bonds. The van der Waals surface area contributed by atoms with Gasteiger partial charge in [-0.05, 0) is 25.7 Å². The van der Waals surface area contributed by atoms with Crippen LogP contribution in [0.5, 0.6) is 0 Å². The van der Waals surface area contributed by atoms with E-state index in [2.05, 4.69) is 5.32 Å². The third kappa shape index (κ3) is 4.51. The first kappa shape index (κ1) is 16.9. The van der Waals surface area contributed by atoms with Crippen LogP contribution >= 0.6 is 0 Å². The number of aliphatic carboxylic acids is 1. The molecule has 1 aromatic carbocycles. The third-order valence-corrected chi connectivity index (χ3v) is 4.28. The van der Waals surface area contributed by atoms with E-state index in [1.54, 1.807) is 18.2 Å². The highest BCUT2D eigenvalue weighted by atomic mass is 16.6. The van der Waals surface area contributed by atoms with Gasteiger partial charge in [0, 0.05) is 24.1 Å². The summed E-state index contributed by atoms with van der Waals surface area (Å²) in [5, 5.41) is 22.8. The molecule has 2 rings (SSSR count). The van der Waals surface area contributed by atoms with Crippen molar-refractivity contribution in [3.63, 3.8) is 0 Å². The van der Waals surface area contributed by atoms with Crippen LogP contribution in [0.15, 0.2) is 24.3 Å². The van der Waals surface area contributed by atoms with Gasteiger partial charge < -0.3 is 10.4 Å². The van der Waals surface area contributed by atoms with Crippen LogP contribution in [-0.4, -0.2) is 28.5 Å². The maximum absolute atomic E-state index is 12.1. The van der Waals surface area contributed by atoms with E-state index in [9.17, 15) is 19.7 Å². The second kappa shape index (κ2) is 7.71. The minimum absolute atomic E-state index is 0.0466. The molecule has 23 heavy (non-hydrogen) atoms. The van der Waals surface area contributed by atoms with E-state index >= 15 is 0 Å². The van der Waals surface area contributed by atoms with Crippen LogP contribution in [0.1, 0.15) is 31.2 Å². The van der Waals surface area contributed by atoms with Crippen LogP contribution in [0.25, 0.3) is 0 Å². The molecule has 1 aromatic rings. The van der Waals surface area contributed by atoms with Crippen LogP contribution in [-0.2, 0) is 16.0 Å². The zero-order valence-electron chi connectivity index (χ0n) is 12.7. The molecule has 2 N–H and O–H groups in total. The van der Waals surface area contributed by atoms with E-state index in [0.717, 1.165) is 6.42 Å². The lowest BCUT2D eigenvalue weighted by Crippen LogP contribution is -2.36. The zero-order valence-corrected chi connectivity index (χ0v) is 12.7. The fourth-order valence-electron chi connectivity index (χ4n) is 3.02. The molecular formula is C16H20N2O5. The molecule has 2 unspecified atom stereocenters. The SMILES string of the molecule is O=C(O)C1CCCC(C(=O)NCCc2ccccc2[N+](=O)[O-])C1. The third-order valence-electron chi connectivity index (χ3n) is 4.28. The quantitative estimate of drug-likeness (QED) is 0.616. The number of nitrogens with zero attached hydrogens (tertiary/aromatic N) is 1. The number of benzene rings is 1. The van der Waals surface area contributed by atoms with E-state index in [-0.39, 0.29) is 17.5 Å². The molecular weight excluding hydrogens is 300 g/mol. The average Bonchev–Trinajstić information content (AvgIpc) is 2.55. The van der Waals surface area contributed by atoms with Gasteiger partial charge in [0.05, 0.1) is 10.8 Å².